The second-order valence-electron chi connectivity index (χ2n) is 5.03. The molecule has 95 valence electrons. The highest BCUT2D eigenvalue weighted by Crippen LogP contribution is 2.23. The Hall–Kier alpha value is -0.870. The Morgan fingerprint density at radius 3 is 2.12 bits per heavy atom. The molecule has 4 heteroatoms. The third-order valence-corrected chi connectivity index (χ3v) is 3.98. The lowest BCUT2D eigenvalue weighted by Gasteiger charge is -2.19. The summed E-state index contributed by atoms with van der Waals surface area (Å²) in [7, 11) is -3.37. The molecule has 0 saturated heterocycles. The molecule has 1 radical (unpaired) electrons. The van der Waals surface area contributed by atoms with Crippen LogP contribution in [0.5, 0.6) is 0 Å². The lowest BCUT2D eigenvalue weighted by molar-refractivity contribution is 0.578. The number of rotatable bonds is 4. The van der Waals surface area contributed by atoms with E-state index in [1.54, 1.807) is 12.1 Å². The van der Waals surface area contributed by atoms with E-state index in [-0.39, 0.29) is 5.41 Å². The number of hydrogen-bond acceptors (Lipinski definition) is 2. The third kappa shape index (κ3) is 3.82. The van der Waals surface area contributed by atoms with Crippen LogP contribution in [0.15, 0.2) is 29.2 Å². The largest absolute Gasteiger partial charge is 0.240 e. The molecule has 0 heterocycles. The Balaban J connectivity index is 2.95. The van der Waals surface area contributed by atoms with Crippen molar-refractivity contribution < 1.29 is 8.42 Å². The molecule has 0 aliphatic carbocycles. The maximum absolute atomic E-state index is 11.8. The van der Waals surface area contributed by atoms with E-state index in [0.717, 1.165) is 5.56 Å². The van der Waals surface area contributed by atoms with E-state index >= 15 is 0 Å². The quantitative estimate of drug-likeness (QED) is 0.897. The van der Waals surface area contributed by atoms with Gasteiger partial charge in [-0.05, 0) is 29.5 Å². The van der Waals surface area contributed by atoms with Gasteiger partial charge in [-0.15, -0.1) is 0 Å². The zero-order chi connectivity index (χ0) is 13.1. The fraction of sp³-hybridized carbons (Fsp3) is 0.462. The first kappa shape index (κ1) is 14.2. The summed E-state index contributed by atoms with van der Waals surface area (Å²) in [5, 5.41) is 0. The molecular weight excluding hydrogens is 234 g/mol. The van der Waals surface area contributed by atoms with E-state index in [4.69, 9.17) is 0 Å². The zero-order valence-corrected chi connectivity index (χ0v) is 11.5. The summed E-state index contributed by atoms with van der Waals surface area (Å²) in [5.41, 5.74) is 1.15. The van der Waals surface area contributed by atoms with Crippen LogP contribution in [0.2, 0.25) is 0 Å². The summed E-state index contributed by atoms with van der Waals surface area (Å²) in [6, 6.07) is 7.01. The van der Waals surface area contributed by atoms with E-state index in [1.807, 2.05) is 12.1 Å². The highest BCUT2D eigenvalue weighted by atomic mass is 32.2. The van der Waals surface area contributed by atoms with Crippen molar-refractivity contribution in [3.8, 4) is 0 Å². The van der Waals surface area contributed by atoms with Gasteiger partial charge in [0.15, 0.2) is 0 Å². The molecule has 0 spiro atoms. The molecule has 0 fully saturated rings. The Morgan fingerprint density at radius 1 is 1.18 bits per heavy atom. The molecule has 0 aromatic heterocycles. The molecule has 1 rings (SSSR count). The lowest BCUT2D eigenvalue weighted by Crippen LogP contribution is -2.24. The standard InChI is InChI=1S/C13H20NO2S/c1-5-10-14-17(15,16)12-8-6-11(7-9-12)13(2,3)4/h6-9,14H,1,5,10H2,2-4H3. The van der Waals surface area contributed by atoms with Gasteiger partial charge >= 0.3 is 0 Å². The smallest absolute Gasteiger partial charge is 0.211 e. The molecule has 1 aromatic carbocycles. The van der Waals surface area contributed by atoms with Crippen LogP contribution in [0.4, 0.5) is 0 Å². The molecule has 0 amide bonds. The van der Waals surface area contributed by atoms with Crippen LogP contribution in [0.25, 0.3) is 0 Å². The van der Waals surface area contributed by atoms with E-state index in [2.05, 4.69) is 32.4 Å². The molecule has 0 unspecified atom stereocenters. The first-order chi connectivity index (χ1) is 7.77. The number of nitrogens with one attached hydrogen (secondary N) is 1. The van der Waals surface area contributed by atoms with Crippen LogP contribution in [0.3, 0.4) is 0 Å². The Kier molecular flexibility index (Phi) is 4.33. The van der Waals surface area contributed by atoms with Crippen molar-refractivity contribution in [2.45, 2.75) is 37.5 Å². The molecule has 0 saturated carbocycles. The number of hydrogen-bond donors (Lipinski definition) is 1. The molecule has 1 N–H and O–H groups in total. The molecule has 3 nitrogen and oxygen atoms in total. The molecule has 0 atom stereocenters. The Labute approximate surface area is 104 Å². The van der Waals surface area contributed by atoms with Gasteiger partial charge in [0, 0.05) is 6.54 Å². The SMILES string of the molecule is [CH2]CCNS(=O)(=O)c1ccc(C(C)(C)C)cc1. The Morgan fingerprint density at radius 2 is 1.71 bits per heavy atom. The average molecular weight is 254 g/mol. The average Bonchev–Trinajstić information content (AvgIpc) is 2.25. The summed E-state index contributed by atoms with van der Waals surface area (Å²) < 4.78 is 26.1. The molecule has 0 aliphatic rings. The first-order valence-electron chi connectivity index (χ1n) is 5.67. The minimum Gasteiger partial charge on any atom is -0.211 e. The highest BCUT2D eigenvalue weighted by Gasteiger charge is 2.16. The van der Waals surface area contributed by atoms with Crippen molar-refractivity contribution in [3.63, 3.8) is 0 Å². The van der Waals surface area contributed by atoms with E-state index in [1.165, 1.54) is 0 Å². The van der Waals surface area contributed by atoms with E-state index < -0.39 is 10.0 Å². The van der Waals surface area contributed by atoms with Crippen molar-refractivity contribution in [2.75, 3.05) is 6.54 Å². The van der Waals surface area contributed by atoms with Crippen molar-refractivity contribution in [1.82, 2.24) is 4.72 Å². The molecule has 0 bridgehead atoms. The first-order valence-corrected chi connectivity index (χ1v) is 7.15. The number of benzene rings is 1. The van der Waals surface area contributed by atoms with Gasteiger partial charge in [0.25, 0.3) is 0 Å². The third-order valence-electron chi connectivity index (χ3n) is 2.50. The Bertz CT molecular complexity index is 455. The monoisotopic (exact) mass is 254 g/mol. The predicted molar refractivity (Wildman–Crippen MR) is 70.3 cm³/mol. The van der Waals surface area contributed by atoms with Crippen LogP contribution in [-0.2, 0) is 15.4 Å². The number of sulfonamides is 1. The second-order valence-corrected chi connectivity index (χ2v) is 6.79. The zero-order valence-electron chi connectivity index (χ0n) is 10.7. The van der Waals surface area contributed by atoms with Crippen molar-refractivity contribution in [3.05, 3.63) is 36.8 Å². The van der Waals surface area contributed by atoms with Crippen LogP contribution < -0.4 is 4.72 Å². The summed E-state index contributed by atoms with van der Waals surface area (Å²) >= 11 is 0. The fourth-order valence-electron chi connectivity index (χ4n) is 1.42. The minimum atomic E-state index is -3.37. The maximum atomic E-state index is 11.8. The predicted octanol–water partition coefficient (Wildman–Crippen LogP) is 2.49. The van der Waals surface area contributed by atoms with Gasteiger partial charge < -0.3 is 0 Å². The summed E-state index contributed by atoms with van der Waals surface area (Å²) in [5.74, 6) is 0. The van der Waals surface area contributed by atoms with E-state index in [9.17, 15) is 8.42 Å². The van der Waals surface area contributed by atoms with Crippen molar-refractivity contribution in [1.29, 1.82) is 0 Å². The van der Waals surface area contributed by atoms with Crippen molar-refractivity contribution in [2.24, 2.45) is 0 Å². The topological polar surface area (TPSA) is 46.2 Å². The van der Waals surface area contributed by atoms with Gasteiger partial charge in [-0.25, -0.2) is 13.1 Å². The molecular formula is C13H20NO2S. The summed E-state index contributed by atoms with van der Waals surface area (Å²) in [6.45, 7) is 10.3. The second kappa shape index (κ2) is 5.19. The fourth-order valence-corrected chi connectivity index (χ4v) is 2.50. The van der Waals surface area contributed by atoms with Crippen LogP contribution in [-0.4, -0.2) is 15.0 Å². The van der Waals surface area contributed by atoms with E-state index in [0.29, 0.717) is 17.9 Å². The lowest BCUT2D eigenvalue weighted by atomic mass is 9.87. The molecule has 17 heavy (non-hydrogen) atoms. The van der Waals surface area contributed by atoms with Crippen molar-refractivity contribution >= 4 is 10.0 Å². The van der Waals surface area contributed by atoms with Crippen LogP contribution >= 0.6 is 0 Å². The summed E-state index contributed by atoms with van der Waals surface area (Å²) in [6.07, 6.45) is 0.541. The normalized spacial score (nSPS) is 12.7. The summed E-state index contributed by atoms with van der Waals surface area (Å²) in [4.78, 5) is 0.305. The van der Waals surface area contributed by atoms with Gasteiger partial charge in [-0.3, -0.25) is 0 Å². The van der Waals surface area contributed by atoms with Gasteiger partial charge in [-0.1, -0.05) is 39.8 Å². The van der Waals surface area contributed by atoms with Gasteiger partial charge in [0.05, 0.1) is 4.90 Å². The highest BCUT2D eigenvalue weighted by molar-refractivity contribution is 7.89. The van der Waals surface area contributed by atoms with Gasteiger partial charge in [0.2, 0.25) is 10.0 Å². The molecule has 1 aromatic rings. The maximum Gasteiger partial charge on any atom is 0.240 e. The van der Waals surface area contributed by atoms with Crippen LogP contribution in [0.1, 0.15) is 32.8 Å². The minimum absolute atomic E-state index is 0.0308. The molecule has 0 aliphatic heterocycles. The van der Waals surface area contributed by atoms with Crippen LogP contribution in [0, 0.1) is 6.92 Å². The van der Waals surface area contributed by atoms with Gasteiger partial charge in [-0.2, -0.15) is 0 Å². The van der Waals surface area contributed by atoms with Gasteiger partial charge in [0.1, 0.15) is 0 Å².